The number of aromatic nitrogens is 1. The third-order valence-corrected chi connectivity index (χ3v) is 7.01. The van der Waals surface area contributed by atoms with Gasteiger partial charge < -0.3 is 9.42 Å². The topological polar surface area (TPSA) is 124 Å². The van der Waals surface area contributed by atoms with E-state index in [0.29, 0.717) is 11.4 Å². The van der Waals surface area contributed by atoms with E-state index in [1.807, 2.05) is 0 Å². The van der Waals surface area contributed by atoms with E-state index in [4.69, 9.17) is 4.52 Å². The van der Waals surface area contributed by atoms with Crippen LogP contribution in [0.2, 0.25) is 0 Å². The molecule has 3 aromatic rings. The molecule has 5 rings (SSSR count). The third-order valence-electron chi connectivity index (χ3n) is 7.01. The van der Waals surface area contributed by atoms with Crippen LogP contribution in [0.4, 0.5) is 11.4 Å². The number of Topliss-reactive ketones (excluding diaryl/α,β-unsaturated/α-hetero) is 2. The maximum Gasteiger partial charge on any atom is 0.295 e. The second-order valence-electron chi connectivity index (χ2n) is 9.01. The van der Waals surface area contributed by atoms with Gasteiger partial charge in [0.25, 0.3) is 11.6 Å². The summed E-state index contributed by atoms with van der Waals surface area (Å²) < 4.78 is 4.90. The summed E-state index contributed by atoms with van der Waals surface area (Å²) in [5, 5.41) is 14.9. The van der Waals surface area contributed by atoms with Gasteiger partial charge in [-0.2, -0.15) is 0 Å². The average molecular weight is 473 g/mol. The van der Waals surface area contributed by atoms with Gasteiger partial charge >= 0.3 is 0 Å². The molecule has 1 saturated carbocycles. The molecule has 0 spiro atoms. The summed E-state index contributed by atoms with van der Waals surface area (Å²) in [5.74, 6) is -3.06. The number of hydrogen-bond donors (Lipinski definition) is 0. The zero-order valence-corrected chi connectivity index (χ0v) is 18.8. The van der Waals surface area contributed by atoms with E-state index in [2.05, 4.69) is 5.16 Å². The predicted octanol–water partition coefficient (Wildman–Crippen LogP) is 4.61. The number of hydrogen-bond acceptors (Lipinski definition) is 7. The SMILES string of the molecule is O=C1C(=O)N(c2ccc(-c3ccon3)cc2)C(C2CCCCC2)C1C(=O)c1ccc([N+](=O)[O-])cc1. The lowest BCUT2D eigenvalue weighted by atomic mass is 9.76. The summed E-state index contributed by atoms with van der Waals surface area (Å²) in [6.07, 6.45) is 6.14. The highest BCUT2D eigenvalue weighted by molar-refractivity contribution is 6.49. The number of amides is 1. The van der Waals surface area contributed by atoms with Crippen LogP contribution in [-0.2, 0) is 9.59 Å². The van der Waals surface area contributed by atoms with E-state index in [0.717, 1.165) is 37.7 Å². The summed E-state index contributed by atoms with van der Waals surface area (Å²) in [6.45, 7) is 0. The lowest BCUT2D eigenvalue weighted by Crippen LogP contribution is -2.43. The van der Waals surface area contributed by atoms with Crippen molar-refractivity contribution in [2.75, 3.05) is 4.90 Å². The van der Waals surface area contributed by atoms with Crippen LogP contribution >= 0.6 is 0 Å². The van der Waals surface area contributed by atoms with E-state index in [-0.39, 0.29) is 17.2 Å². The van der Waals surface area contributed by atoms with Crippen molar-refractivity contribution in [3.63, 3.8) is 0 Å². The van der Waals surface area contributed by atoms with E-state index in [1.165, 1.54) is 35.4 Å². The molecule has 2 heterocycles. The van der Waals surface area contributed by atoms with E-state index in [1.54, 1.807) is 30.3 Å². The van der Waals surface area contributed by atoms with Gasteiger partial charge in [-0.3, -0.25) is 24.5 Å². The van der Waals surface area contributed by atoms with Gasteiger partial charge in [0, 0.05) is 35.0 Å². The first-order valence-electron chi connectivity index (χ1n) is 11.6. The molecule has 1 aliphatic heterocycles. The number of rotatable bonds is 6. The van der Waals surface area contributed by atoms with Crippen molar-refractivity contribution in [3.8, 4) is 11.3 Å². The quantitative estimate of drug-likeness (QED) is 0.168. The first kappa shape index (κ1) is 22.6. The number of nitro benzene ring substituents is 1. The Morgan fingerprint density at radius 2 is 1.66 bits per heavy atom. The van der Waals surface area contributed by atoms with Gasteiger partial charge in [-0.05, 0) is 43.0 Å². The van der Waals surface area contributed by atoms with Crippen LogP contribution in [0.1, 0.15) is 42.5 Å². The average Bonchev–Trinajstić information content (AvgIpc) is 3.52. The van der Waals surface area contributed by atoms with E-state index < -0.39 is 34.4 Å². The number of nitro groups is 1. The van der Waals surface area contributed by atoms with Gasteiger partial charge in [-0.1, -0.05) is 36.6 Å². The number of ketones is 2. The van der Waals surface area contributed by atoms with Crippen LogP contribution in [0.5, 0.6) is 0 Å². The lowest BCUT2D eigenvalue weighted by molar-refractivity contribution is -0.384. The second-order valence-corrected chi connectivity index (χ2v) is 9.01. The monoisotopic (exact) mass is 473 g/mol. The number of carbonyl (C=O) groups is 3. The zero-order valence-electron chi connectivity index (χ0n) is 18.8. The Kier molecular flexibility index (Phi) is 5.98. The number of anilines is 1. The van der Waals surface area contributed by atoms with Gasteiger partial charge in [0.2, 0.25) is 5.78 Å². The van der Waals surface area contributed by atoms with Crippen molar-refractivity contribution in [2.45, 2.75) is 38.1 Å². The van der Waals surface area contributed by atoms with Crippen molar-refractivity contribution >= 4 is 28.8 Å². The van der Waals surface area contributed by atoms with Crippen LogP contribution < -0.4 is 4.90 Å². The molecule has 35 heavy (non-hydrogen) atoms. The van der Waals surface area contributed by atoms with Crippen LogP contribution in [0.3, 0.4) is 0 Å². The number of non-ortho nitro benzene ring substituents is 1. The molecule has 2 fully saturated rings. The van der Waals surface area contributed by atoms with Gasteiger partial charge in [-0.25, -0.2) is 0 Å². The Balaban J connectivity index is 1.51. The number of benzene rings is 2. The summed E-state index contributed by atoms with van der Waals surface area (Å²) >= 11 is 0. The van der Waals surface area contributed by atoms with Crippen molar-refractivity contribution < 1.29 is 23.8 Å². The van der Waals surface area contributed by atoms with Gasteiger partial charge in [-0.15, -0.1) is 0 Å². The molecule has 1 aliphatic carbocycles. The number of carbonyl (C=O) groups excluding carboxylic acids is 3. The molecule has 2 aliphatic rings. The molecule has 9 nitrogen and oxygen atoms in total. The molecule has 1 saturated heterocycles. The van der Waals surface area contributed by atoms with Crippen LogP contribution in [0.15, 0.2) is 65.4 Å². The maximum atomic E-state index is 13.5. The first-order valence-corrected chi connectivity index (χ1v) is 11.6. The molecule has 9 heteroatoms. The zero-order chi connectivity index (χ0) is 24.5. The number of nitrogens with zero attached hydrogens (tertiary/aromatic N) is 3. The summed E-state index contributed by atoms with van der Waals surface area (Å²) in [7, 11) is 0. The second kappa shape index (κ2) is 9.25. The Morgan fingerprint density at radius 1 is 0.971 bits per heavy atom. The highest BCUT2D eigenvalue weighted by atomic mass is 16.6. The molecule has 0 radical (unpaired) electrons. The molecule has 1 amide bonds. The summed E-state index contributed by atoms with van der Waals surface area (Å²) in [5.41, 5.74) is 2.03. The van der Waals surface area contributed by atoms with Crippen LogP contribution in [0, 0.1) is 22.0 Å². The molecule has 2 unspecified atom stereocenters. The maximum absolute atomic E-state index is 13.5. The fourth-order valence-electron chi connectivity index (χ4n) is 5.29. The molecule has 0 N–H and O–H groups in total. The Hall–Kier alpha value is -4.14. The Morgan fingerprint density at radius 3 is 2.26 bits per heavy atom. The van der Waals surface area contributed by atoms with Crippen LogP contribution in [-0.4, -0.2) is 33.6 Å². The lowest BCUT2D eigenvalue weighted by Gasteiger charge is -2.35. The summed E-state index contributed by atoms with van der Waals surface area (Å²) in [6, 6.07) is 13.4. The molecule has 178 valence electrons. The van der Waals surface area contributed by atoms with Crippen molar-refractivity contribution in [1.29, 1.82) is 0 Å². The predicted molar refractivity (Wildman–Crippen MR) is 126 cm³/mol. The minimum absolute atomic E-state index is 0.00126. The van der Waals surface area contributed by atoms with Crippen molar-refractivity contribution in [3.05, 3.63) is 76.5 Å². The Bertz CT molecular complexity index is 1260. The molecule has 2 aromatic carbocycles. The normalized spacial score (nSPS) is 20.9. The molecular formula is C26H23N3O6. The van der Waals surface area contributed by atoms with Gasteiger partial charge in [0.15, 0.2) is 5.78 Å². The largest absolute Gasteiger partial charge is 0.364 e. The highest BCUT2D eigenvalue weighted by Crippen LogP contribution is 2.41. The smallest absolute Gasteiger partial charge is 0.295 e. The van der Waals surface area contributed by atoms with Crippen molar-refractivity contribution in [2.24, 2.45) is 11.8 Å². The van der Waals surface area contributed by atoms with Crippen LogP contribution in [0.25, 0.3) is 11.3 Å². The van der Waals surface area contributed by atoms with Gasteiger partial charge in [0.05, 0.1) is 11.0 Å². The standard InChI is InChI=1S/C26H23N3O6/c30-24(18-8-12-20(13-9-18)29(33)34)22-23(17-4-2-1-3-5-17)28(26(32)25(22)31)19-10-6-16(7-11-19)21-14-15-35-27-21/h6-15,17,22-23H,1-5H2. The molecule has 2 atom stereocenters. The first-order chi connectivity index (χ1) is 17.0. The highest BCUT2D eigenvalue weighted by Gasteiger charge is 2.54. The minimum atomic E-state index is -1.15. The van der Waals surface area contributed by atoms with E-state index >= 15 is 0 Å². The fourth-order valence-corrected chi connectivity index (χ4v) is 5.29. The molecule has 0 bridgehead atoms. The third kappa shape index (κ3) is 4.14. The van der Waals surface area contributed by atoms with E-state index in [9.17, 15) is 24.5 Å². The molecule has 1 aromatic heterocycles. The fraction of sp³-hybridized carbons (Fsp3) is 0.308. The van der Waals surface area contributed by atoms with Crippen molar-refractivity contribution in [1.82, 2.24) is 5.16 Å². The van der Waals surface area contributed by atoms with Gasteiger partial charge in [0.1, 0.15) is 17.9 Å². The minimum Gasteiger partial charge on any atom is -0.364 e. The molecular weight excluding hydrogens is 450 g/mol. The Labute approximate surface area is 200 Å². The summed E-state index contributed by atoms with van der Waals surface area (Å²) in [4.78, 5) is 52.0.